The first-order valence-electron chi connectivity index (χ1n) is 7.29. The van der Waals surface area contributed by atoms with Crippen LogP contribution in [0.4, 0.5) is 0 Å². The van der Waals surface area contributed by atoms with Gasteiger partial charge in [-0.15, -0.1) is 0 Å². The Morgan fingerprint density at radius 1 is 1.24 bits per heavy atom. The van der Waals surface area contributed by atoms with E-state index in [0.29, 0.717) is 12.6 Å². The van der Waals surface area contributed by atoms with Gasteiger partial charge in [0.15, 0.2) is 0 Å². The summed E-state index contributed by atoms with van der Waals surface area (Å²) in [5, 5.41) is 12.5. The summed E-state index contributed by atoms with van der Waals surface area (Å²) in [6.07, 6.45) is 6.13. The molecule has 1 aliphatic rings. The van der Waals surface area contributed by atoms with Crippen LogP contribution in [-0.4, -0.2) is 47.8 Å². The summed E-state index contributed by atoms with van der Waals surface area (Å²) in [6, 6.07) is 2.07. The van der Waals surface area contributed by atoms with Crippen molar-refractivity contribution in [3.8, 4) is 0 Å². The molecule has 0 atom stereocenters. The van der Waals surface area contributed by atoms with Crippen LogP contribution >= 0.6 is 0 Å². The molecule has 0 bridgehead atoms. The Morgan fingerprint density at radius 2 is 1.88 bits per heavy atom. The minimum atomic E-state index is 0.315. The molecule has 102 valence electrons. The van der Waals surface area contributed by atoms with Crippen LogP contribution in [0.5, 0.6) is 0 Å². The molecule has 0 aliphatic heterocycles. The van der Waals surface area contributed by atoms with Gasteiger partial charge in [0.1, 0.15) is 0 Å². The molecule has 17 heavy (non-hydrogen) atoms. The van der Waals surface area contributed by atoms with E-state index in [-0.39, 0.29) is 0 Å². The van der Waals surface area contributed by atoms with E-state index in [4.69, 9.17) is 5.11 Å². The molecule has 0 aromatic heterocycles. The van der Waals surface area contributed by atoms with Crippen molar-refractivity contribution < 1.29 is 5.11 Å². The van der Waals surface area contributed by atoms with Gasteiger partial charge in [0.05, 0.1) is 0 Å². The van der Waals surface area contributed by atoms with E-state index in [9.17, 15) is 0 Å². The maximum atomic E-state index is 8.97. The summed E-state index contributed by atoms with van der Waals surface area (Å²) >= 11 is 0. The second kappa shape index (κ2) is 8.06. The summed E-state index contributed by atoms with van der Waals surface area (Å²) in [5.74, 6) is 0. The zero-order valence-electron chi connectivity index (χ0n) is 11.8. The van der Waals surface area contributed by atoms with Gasteiger partial charge in [0.2, 0.25) is 0 Å². The minimum Gasteiger partial charge on any atom is -0.396 e. The fourth-order valence-electron chi connectivity index (χ4n) is 3.02. The third kappa shape index (κ3) is 4.94. The van der Waals surface area contributed by atoms with Gasteiger partial charge >= 0.3 is 0 Å². The lowest BCUT2D eigenvalue weighted by atomic mass is 9.89. The minimum absolute atomic E-state index is 0.315. The molecule has 1 rings (SSSR count). The van der Waals surface area contributed by atoms with Gasteiger partial charge in [-0.3, -0.25) is 4.90 Å². The first-order valence-corrected chi connectivity index (χ1v) is 7.29. The van der Waals surface area contributed by atoms with E-state index in [1.165, 1.54) is 25.7 Å². The highest BCUT2D eigenvalue weighted by Crippen LogP contribution is 2.24. The molecule has 1 aliphatic carbocycles. The summed E-state index contributed by atoms with van der Waals surface area (Å²) in [7, 11) is 0. The van der Waals surface area contributed by atoms with Crippen molar-refractivity contribution in [3.05, 3.63) is 0 Å². The van der Waals surface area contributed by atoms with Crippen molar-refractivity contribution in [2.24, 2.45) is 0 Å². The second-order valence-corrected chi connectivity index (χ2v) is 5.47. The molecule has 0 aromatic carbocycles. The summed E-state index contributed by atoms with van der Waals surface area (Å²) in [5.41, 5.74) is 0. The van der Waals surface area contributed by atoms with E-state index in [0.717, 1.165) is 31.6 Å². The molecule has 0 aromatic rings. The molecule has 3 heteroatoms. The lowest BCUT2D eigenvalue weighted by Crippen LogP contribution is -2.45. The molecule has 3 nitrogen and oxygen atoms in total. The van der Waals surface area contributed by atoms with E-state index in [1.54, 1.807) is 0 Å². The van der Waals surface area contributed by atoms with Crippen LogP contribution < -0.4 is 5.32 Å². The second-order valence-electron chi connectivity index (χ2n) is 5.47. The van der Waals surface area contributed by atoms with Crippen molar-refractivity contribution >= 4 is 0 Å². The Hall–Kier alpha value is -0.120. The van der Waals surface area contributed by atoms with Crippen LogP contribution in [0.15, 0.2) is 0 Å². The predicted molar refractivity (Wildman–Crippen MR) is 73.3 cm³/mol. The van der Waals surface area contributed by atoms with E-state index in [1.807, 2.05) is 0 Å². The number of hydrogen-bond acceptors (Lipinski definition) is 3. The van der Waals surface area contributed by atoms with E-state index in [2.05, 4.69) is 31.0 Å². The molecular weight excluding hydrogens is 212 g/mol. The molecule has 0 amide bonds. The van der Waals surface area contributed by atoms with Crippen molar-refractivity contribution in [1.82, 2.24) is 10.2 Å². The van der Waals surface area contributed by atoms with Crippen LogP contribution in [0.3, 0.4) is 0 Å². The molecule has 0 saturated heterocycles. The van der Waals surface area contributed by atoms with Gasteiger partial charge in [-0.05, 0) is 52.5 Å². The number of hydrogen-bond donors (Lipinski definition) is 2. The summed E-state index contributed by atoms with van der Waals surface area (Å²) in [4.78, 5) is 2.58. The zero-order chi connectivity index (χ0) is 12.7. The van der Waals surface area contributed by atoms with Gasteiger partial charge in [-0.25, -0.2) is 0 Å². The third-order valence-corrected chi connectivity index (χ3v) is 3.90. The van der Waals surface area contributed by atoms with Gasteiger partial charge in [0.25, 0.3) is 0 Å². The molecule has 2 N–H and O–H groups in total. The number of nitrogens with zero attached hydrogens (tertiary/aromatic N) is 1. The lowest BCUT2D eigenvalue weighted by Gasteiger charge is -2.39. The fraction of sp³-hybridized carbons (Fsp3) is 1.00. The van der Waals surface area contributed by atoms with Crippen LogP contribution in [0, 0.1) is 0 Å². The Bertz CT molecular complexity index is 189. The van der Waals surface area contributed by atoms with Crippen molar-refractivity contribution in [1.29, 1.82) is 0 Å². The molecule has 0 spiro atoms. The topological polar surface area (TPSA) is 35.5 Å². The molecule has 0 unspecified atom stereocenters. The standard InChI is InChI=1S/C14H30N2O/c1-4-15-13-6-8-14(9-7-13)16(12(2)3)10-5-11-17/h12-15,17H,4-11H2,1-3H3. The number of rotatable bonds is 7. The van der Waals surface area contributed by atoms with Crippen LogP contribution in [0.1, 0.15) is 52.9 Å². The van der Waals surface area contributed by atoms with Crippen molar-refractivity contribution in [2.75, 3.05) is 19.7 Å². The maximum Gasteiger partial charge on any atom is 0.0443 e. The van der Waals surface area contributed by atoms with Gasteiger partial charge in [-0.2, -0.15) is 0 Å². The van der Waals surface area contributed by atoms with Crippen molar-refractivity contribution in [3.63, 3.8) is 0 Å². The maximum absolute atomic E-state index is 8.97. The Kier molecular flexibility index (Phi) is 7.09. The Labute approximate surface area is 107 Å². The molecule has 1 saturated carbocycles. The van der Waals surface area contributed by atoms with Gasteiger partial charge in [0, 0.05) is 31.3 Å². The first kappa shape index (κ1) is 14.9. The van der Waals surface area contributed by atoms with Gasteiger partial charge < -0.3 is 10.4 Å². The zero-order valence-corrected chi connectivity index (χ0v) is 11.8. The van der Waals surface area contributed by atoms with Crippen LogP contribution in [-0.2, 0) is 0 Å². The Balaban J connectivity index is 2.37. The Morgan fingerprint density at radius 3 is 2.35 bits per heavy atom. The highest BCUT2D eigenvalue weighted by atomic mass is 16.3. The molecule has 0 heterocycles. The smallest absolute Gasteiger partial charge is 0.0443 e. The lowest BCUT2D eigenvalue weighted by molar-refractivity contribution is 0.102. The fourth-order valence-corrected chi connectivity index (χ4v) is 3.02. The number of aliphatic hydroxyl groups excluding tert-OH is 1. The monoisotopic (exact) mass is 242 g/mol. The van der Waals surface area contributed by atoms with Crippen LogP contribution in [0.25, 0.3) is 0 Å². The molecule has 0 radical (unpaired) electrons. The van der Waals surface area contributed by atoms with E-state index >= 15 is 0 Å². The average Bonchev–Trinajstić information content (AvgIpc) is 2.31. The average molecular weight is 242 g/mol. The molecule has 1 fully saturated rings. The summed E-state index contributed by atoms with van der Waals surface area (Å²) in [6.45, 7) is 9.18. The number of nitrogens with one attached hydrogen (secondary N) is 1. The normalized spacial score (nSPS) is 25.8. The predicted octanol–water partition coefficient (Wildman–Crippen LogP) is 2.00. The number of aliphatic hydroxyl groups is 1. The quantitative estimate of drug-likeness (QED) is 0.717. The third-order valence-electron chi connectivity index (χ3n) is 3.90. The molecular formula is C14H30N2O. The van der Waals surface area contributed by atoms with E-state index < -0.39 is 0 Å². The highest BCUT2D eigenvalue weighted by Gasteiger charge is 2.26. The largest absolute Gasteiger partial charge is 0.396 e. The van der Waals surface area contributed by atoms with Crippen LogP contribution in [0.2, 0.25) is 0 Å². The SMILES string of the molecule is CCNC1CCC(N(CCCO)C(C)C)CC1. The van der Waals surface area contributed by atoms with Gasteiger partial charge in [-0.1, -0.05) is 6.92 Å². The summed E-state index contributed by atoms with van der Waals surface area (Å²) < 4.78 is 0. The first-order chi connectivity index (χ1) is 8.19. The van der Waals surface area contributed by atoms with Crippen molar-refractivity contribution in [2.45, 2.75) is 71.0 Å². The highest BCUT2D eigenvalue weighted by molar-refractivity contribution is 4.84.